The SMILES string of the molecule is CCC[C@@H](c1nnnn1C1CCCCC1)[NH+]1CCN(c2ccc([N+](=O)[O-])cc2)CC1. The standard InChI is InChI=1S/C21H31N7O2/c1-2-6-20(21-22-23-24-27(21)18-7-4-3-5-8-18)26-15-13-25(14-16-26)17-9-11-19(12-10-17)28(29)30/h9-12,18,20H,2-8,13-16H2,1H3/p+1/t20-/m0/s1. The van der Waals surface area contributed by atoms with Crippen molar-refractivity contribution in [1.82, 2.24) is 20.2 Å². The van der Waals surface area contributed by atoms with Gasteiger partial charge in [-0.15, -0.1) is 5.10 Å². The van der Waals surface area contributed by atoms with Crippen LogP contribution in [0.4, 0.5) is 11.4 Å². The molecule has 2 fully saturated rings. The first-order chi connectivity index (χ1) is 14.7. The summed E-state index contributed by atoms with van der Waals surface area (Å²) in [5, 5.41) is 23.8. The molecule has 30 heavy (non-hydrogen) atoms. The Morgan fingerprint density at radius 1 is 1.17 bits per heavy atom. The monoisotopic (exact) mass is 414 g/mol. The van der Waals surface area contributed by atoms with E-state index < -0.39 is 0 Å². The average Bonchev–Trinajstić information content (AvgIpc) is 3.28. The molecule has 2 heterocycles. The molecule has 1 aliphatic carbocycles. The molecule has 2 aromatic rings. The van der Waals surface area contributed by atoms with Crippen molar-refractivity contribution in [1.29, 1.82) is 0 Å². The lowest BCUT2D eigenvalue weighted by molar-refractivity contribution is -0.933. The molecule has 0 bridgehead atoms. The summed E-state index contributed by atoms with van der Waals surface area (Å²) >= 11 is 0. The zero-order valence-corrected chi connectivity index (χ0v) is 17.7. The molecule has 162 valence electrons. The summed E-state index contributed by atoms with van der Waals surface area (Å²) in [6, 6.07) is 7.67. The van der Waals surface area contributed by atoms with Gasteiger partial charge < -0.3 is 9.80 Å². The van der Waals surface area contributed by atoms with Gasteiger partial charge in [0.15, 0.2) is 0 Å². The maximum Gasteiger partial charge on any atom is 0.269 e. The van der Waals surface area contributed by atoms with Crippen molar-refractivity contribution < 1.29 is 9.82 Å². The van der Waals surface area contributed by atoms with Crippen molar-refractivity contribution >= 4 is 11.4 Å². The molecule has 1 saturated carbocycles. The van der Waals surface area contributed by atoms with Crippen LogP contribution in [0.3, 0.4) is 0 Å². The van der Waals surface area contributed by atoms with Crippen LogP contribution in [0.25, 0.3) is 0 Å². The van der Waals surface area contributed by atoms with Gasteiger partial charge in [-0.2, -0.15) is 0 Å². The van der Waals surface area contributed by atoms with E-state index in [2.05, 4.69) is 32.0 Å². The molecule has 9 nitrogen and oxygen atoms in total. The number of anilines is 1. The van der Waals surface area contributed by atoms with Gasteiger partial charge in [-0.05, 0) is 35.4 Å². The summed E-state index contributed by atoms with van der Waals surface area (Å²) < 4.78 is 2.13. The fraction of sp³-hybridized carbons (Fsp3) is 0.667. The highest BCUT2D eigenvalue weighted by Crippen LogP contribution is 2.29. The lowest BCUT2D eigenvalue weighted by atomic mass is 9.95. The molecular formula is C21H32N7O2+. The van der Waals surface area contributed by atoms with E-state index in [0.717, 1.165) is 50.5 Å². The van der Waals surface area contributed by atoms with E-state index in [-0.39, 0.29) is 10.6 Å². The van der Waals surface area contributed by atoms with Crippen molar-refractivity contribution in [2.24, 2.45) is 0 Å². The minimum absolute atomic E-state index is 0.139. The largest absolute Gasteiger partial charge is 0.360 e. The minimum atomic E-state index is -0.349. The number of piperazine rings is 1. The van der Waals surface area contributed by atoms with Gasteiger partial charge in [-0.1, -0.05) is 32.6 Å². The lowest BCUT2D eigenvalue weighted by Gasteiger charge is -2.37. The Morgan fingerprint density at radius 3 is 2.50 bits per heavy atom. The first-order valence-corrected chi connectivity index (χ1v) is 11.3. The number of nitro benzene ring substituents is 1. The number of quaternary nitrogens is 1. The summed E-state index contributed by atoms with van der Waals surface area (Å²) in [6.45, 7) is 6.11. The number of nitrogens with zero attached hydrogens (tertiary/aromatic N) is 6. The van der Waals surface area contributed by atoms with Gasteiger partial charge in [0, 0.05) is 24.2 Å². The Morgan fingerprint density at radius 2 is 1.87 bits per heavy atom. The van der Waals surface area contributed by atoms with E-state index in [1.807, 2.05) is 12.1 Å². The maximum absolute atomic E-state index is 10.9. The number of aromatic nitrogens is 4. The summed E-state index contributed by atoms with van der Waals surface area (Å²) in [6.07, 6.45) is 8.41. The summed E-state index contributed by atoms with van der Waals surface area (Å²) in [5.41, 5.74) is 1.19. The number of rotatable bonds is 7. The Labute approximate surface area is 177 Å². The van der Waals surface area contributed by atoms with Gasteiger partial charge in [0.1, 0.15) is 6.04 Å². The number of hydrogen-bond acceptors (Lipinski definition) is 6. The van der Waals surface area contributed by atoms with E-state index in [1.54, 1.807) is 17.0 Å². The van der Waals surface area contributed by atoms with E-state index in [0.29, 0.717) is 12.1 Å². The second kappa shape index (κ2) is 9.51. The number of tetrazole rings is 1. The van der Waals surface area contributed by atoms with Crippen LogP contribution in [0.15, 0.2) is 24.3 Å². The quantitative estimate of drug-likeness (QED) is 0.552. The summed E-state index contributed by atoms with van der Waals surface area (Å²) in [5.74, 6) is 1.06. The van der Waals surface area contributed by atoms with E-state index >= 15 is 0 Å². The van der Waals surface area contributed by atoms with Crippen molar-refractivity contribution in [2.45, 2.75) is 64.0 Å². The van der Waals surface area contributed by atoms with Gasteiger partial charge >= 0.3 is 0 Å². The molecule has 0 unspecified atom stereocenters. The van der Waals surface area contributed by atoms with Crippen LogP contribution in [0, 0.1) is 10.1 Å². The molecule has 1 aromatic heterocycles. The van der Waals surface area contributed by atoms with Gasteiger partial charge in [0.05, 0.1) is 37.1 Å². The average molecular weight is 415 g/mol. The molecule has 1 N–H and O–H groups in total. The van der Waals surface area contributed by atoms with Crippen LogP contribution in [-0.4, -0.2) is 51.3 Å². The first kappa shape index (κ1) is 20.7. The van der Waals surface area contributed by atoms with Crippen molar-refractivity contribution in [3.05, 3.63) is 40.2 Å². The van der Waals surface area contributed by atoms with Crippen LogP contribution in [0.5, 0.6) is 0 Å². The summed E-state index contributed by atoms with van der Waals surface area (Å²) in [7, 11) is 0. The van der Waals surface area contributed by atoms with Crippen molar-refractivity contribution in [2.75, 3.05) is 31.1 Å². The Balaban J connectivity index is 1.44. The zero-order valence-electron chi connectivity index (χ0n) is 17.7. The van der Waals surface area contributed by atoms with Crippen LogP contribution in [0.1, 0.15) is 69.8 Å². The van der Waals surface area contributed by atoms with Gasteiger partial charge in [0.25, 0.3) is 5.69 Å². The Bertz CT molecular complexity index is 824. The van der Waals surface area contributed by atoms with Crippen LogP contribution in [-0.2, 0) is 0 Å². The first-order valence-electron chi connectivity index (χ1n) is 11.3. The van der Waals surface area contributed by atoms with Crippen molar-refractivity contribution in [3.63, 3.8) is 0 Å². The predicted molar refractivity (Wildman–Crippen MR) is 114 cm³/mol. The molecule has 0 radical (unpaired) electrons. The molecule has 1 aliphatic heterocycles. The molecule has 9 heteroatoms. The fourth-order valence-corrected chi connectivity index (χ4v) is 5.01. The third-order valence-corrected chi connectivity index (χ3v) is 6.65. The molecule has 2 aliphatic rings. The fourth-order valence-electron chi connectivity index (χ4n) is 5.01. The number of nitro groups is 1. The number of benzene rings is 1. The maximum atomic E-state index is 10.9. The molecule has 1 saturated heterocycles. The van der Waals surface area contributed by atoms with Gasteiger partial charge in [-0.25, -0.2) is 4.68 Å². The van der Waals surface area contributed by atoms with E-state index in [1.165, 1.54) is 32.1 Å². The van der Waals surface area contributed by atoms with Crippen molar-refractivity contribution in [3.8, 4) is 0 Å². The highest BCUT2D eigenvalue weighted by atomic mass is 16.6. The third-order valence-electron chi connectivity index (χ3n) is 6.65. The lowest BCUT2D eigenvalue weighted by Crippen LogP contribution is -3.15. The van der Waals surface area contributed by atoms with E-state index in [4.69, 9.17) is 0 Å². The van der Waals surface area contributed by atoms with Crippen LogP contribution in [0.2, 0.25) is 0 Å². The molecule has 4 rings (SSSR count). The zero-order chi connectivity index (χ0) is 20.9. The predicted octanol–water partition coefficient (Wildman–Crippen LogP) is 2.33. The van der Waals surface area contributed by atoms with E-state index in [9.17, 15) is 10.1 Å². The van der Waals surface area contributed by atoms with Crippen LogP contribution < -0.4 is 9.80 Å². The highest BCUT2D eigenvalue weighted by Gasteiger charge is 2.34. The third kappa shape index (κ3) is 4.45. The summed E-state index contributed by atoms with van der Waals surface area (Å²) in [4.78, 5) is 14.4. The Kier molecular flexibility index (Phi) is 6.56. The normalized spacial score (nSPS) is 19.7. The number of hydrogen-bond donors (Lipinski definition) is 1. The highest BCUT2D eigenvalue weighted by molar-refractivity contribution is 5.51. The molecular weight excluding hydrogens is 382 g/mol. The second-order valence-electron chi connectivity index (χ2n) is 8.53. The molecule has 1 aromatic carbocycles. The molecule has 0 spiro atoms. The number of nitrogens with one attached hydrogen (secondary N) is 1. The topological polar surface area (TPSA) is 94.4 Å². The Hall–Kier alpha value is -2.55. The minimum Gasteiger partial charge on any atom is -0.360 e. The smallest absolute Gasteiger partial charge is 0.269 e. The van der Waals surface area contributed by atoms with Gasteiger partial charge in [-0.3, -0.25) is 10.1 Å². The second-order valence-corrected chi connectivity index (χ2v) is 8.53. The van der Waals surface area contributed by atoms with Gasteiger partial charge in [0.2, 0.25) is 5.82 Å². The number of non-ortho nitro benzene ring substituents is 1. The molecule has 0 amide bonds. The van der Waals surface area contributed by atoms with Crippen LogP contribution >= 0.6 is 0 Å². The molecule has 1 atom stereocenters.